The van der Waals surface area contributed by atoms with Gasteiger partial charge in [-0.2, -0.15) is 0 Å². The monoisotopic (exact) mass is 463 g/mol. The molecule has 0 spiro atoms. The Bertz CT molecular complexity index is 1130. The lowest BCUT2D eigenvalue weighted by molar-refractivity contribution is 0.306. The van der Waals surface area contributed by atoms with E-state index in [4.69, 9.17) is 9.72 Å². The average Bonchev–Trinajstić information content (AvgIpc) is 3.26. The van der Waals surface area contributed by atoms with Gasteiger partial charge in [0.05, 0.1) is 0 Å². The van der Waals surface area contributed by atoms with E-state index < -0.39 is 0 Å². The fraction of sp³-hybridized carbons (Fsp3) is 0.292. The highest BCUT2D eigenvalue weighted by atomic mass is 32.2. The first-order valence-corrected chi connectivity index (χ1v) is 12.6. The van der Waals surface area contributed by atoms with Crippen LogP contribution in [0.25, 0.3) is 10.3 Å². The van der Waals surface area contributed by atoms with Gasteiger partial charge in [-0.15, -0.1) is 11.8 Å². The summed E-state index contributed by atoms with van der Waals surface area (Å²) in [5.74, 6) is 3.27. The molecular weight excluding hydrogens is 438 g/mol. The van der Waals surface area contributed by atoms with E-state index in [1.165, 1.54) is 24.2 Å². The van der Waals surface area contributed by atoms with Crippen molar-refractivity contribution in [3.63, 3.8) is 0 Å². The summed E-state index contributed by atoms with van der Waals surface area (Å²) in [6.45, 7) is 2.73. The van der Waals surface area contributed by atoms with E-state index >= 15 is 0 Å². The van der Waals surface area contributed by atoms with Gasteiger partial charge in [-0.1, -0.05) is 41.7 Å². The molecule has 5 rings (SSSR count). The molecule has 0 radical (unpaired) electrons. The minimum Gasteiger partial charge on any atom is -0.485 e. The van der Waals surface area contributed by atoms with Crippen LogP contribution < -0.4 is 15.4 Å². The van der Waals surface area contributed by atoms with Crippen molar-refractivity contribution in [3.8, 4) is 5.75 Å². The lowest BCUT2D eigenvalue weighted by Gasteiger charge is -2.22. The minimum absolute atomic E-state index is 0.487. The number of hydrogen-bond acceptors (Lipinski definition) is 8. The van der Waals surface area contributed by atoms with Crippen LogP contribution in [-0.4, -0.2) is 33.8 Å². The van der Waals surface area contributed by atoms with Gasteiger partial charge in [0.1, 0.15) is 17.0 Å². The predicted octanol–water partition coefficient (Wildman–Crippen LogP) is 5.50. The SMILES string of the molecule is c1ccc(COc2cc(SCC3CCNCC3)cnc2Nc2nc3cccnc3s2)cc1. The van der Waals surface area contributed by atoms with E-state index in [0.717, 1.165) is 56.4 Å². The molecule has 1 aliphatic rings. The molecule has 1 aliphatic heterocycles. The molecule has 1 saturated heterocycles. The maximum atomic E-state index is 6.21. The van der Waals surface area contributed by atoms with Gasteiger partial charge in [-0.3, -0.25) is 0 Å². The summed E-state index contributed by atoms with van der Waals surface area (Å²) in [5.41, 5.74) is 2.00. The van der Waals surface area contributed by atoms with Gasteiger partial charge in [-0.25, -0.2) is 15.0 Å². The Hall–Kier alpha value is -2.68. The van der Waals surface area contributed by atoms with Crippen LogP contribution >= 0.6 is 23.1 Å². The largest absolute Gasteiger partial charge is 0.485 e. The molecule has 1 fully saturated rings. The van der Waals surface area contributed by atoms with Crippen LogP contribution in [-0.2, 0) is 6.61 Å². The Morgan fingerprint density at radius 2 is 1.97 bits per heavy atom. The number of thioether (sulfide) groups is 1. The summed E-state index contributed by atoms with van der Waals surface area (Å²) in [6, 6.07) is 16.1. The predicted molar refractivity (Wildman–Crippen MR) is 132 cm³/mol. The van der Waals surface area contributed by atoms with E-state index in [-0.39, 0.29) is 0 Å². The third kappa shape index (κ3) is 5.38. The first-order chi connectivity index (χ1) is 15.8. The number of thiazole rings is 1. The average molecular weight is 464 g/mol. The molecule has 0 atom stereocenters. The zero-order chi connectivity index (χ0) is 21.6. The highest BCUT2D eigenvalue weighted by molar-refractivity contribution is 7.99. The summed E-state index contributed by atoms with van der Waals surface area (Å²) in [4.78, 5) is 15.7. The van der Waals surface area contributed by atoms with Crippen LogP contribution in [0.4, 0.5) is 10.9 Å². The maximum Gasteiger partial charge on any atom is 0.191 e. The molecule has 6 nitrogen and oxygen atoms in total. The van der Waals surface area contributed by atoms with Crippen LogP contribution in [0.5, 0.6) is 5.75 Å². The minimum atomic E-state index is 0.487. The molecule has 0 unspecified atom stereocenters. The number of piperidine rings is 1. The number of aromatic nitrogens is 3. The zero-order valence-corrected chi connectivity index (χ0v) is 19.3. The van der Waals surface area contributed by atoms with Crippen LogP contribution in [0, 0.1) is 5.92 Å². The fourth-order valence-corrected chi connectivity index (χ4v) is 5.52. The highest BCUT2D eigenvalue weighted by Gasteiger charge is 2.15. The number of pyridine rings is 2. The van der Waals surface area contributed by atoms with Crippen molar-refractivity contribution >= 4 is 44.4 Å². The molecule has 0 bridgehead atoms. The molecule has 8 heteroatoms. The topological polar surface area (TPSA) is 72.0 Å². The first kappa shape index (κ1) is 21.2. The molecule has 32 heavy (non-hydrogen) atoms. The van der Waals surface area contributed by atoms with E-state index in [1.807, 2.05) is 48.3 Å². The van der Waals surface area contributed by atoms with Gasteiger partial charge in [0.15, 0.2) is 16.7 Å². The summed E-state index contributed by atoms with van der Waals surface area (Å²) in [6.07, 6.45) is 6.19. The maximum absolute atomic E-state index is 6.21. The van der Waals surface area contributed by atoms with E-state index in [0.29, 0.717) is 12.4 Å². The van der Waals surface area contributed by atoms with Crippen LogP contribution in [0.1, 0.15) is 18.4 Å². The van der Waals surface area contributed by atoms with Crippen molar-refractivity contribution in [1.29, 1.82) is 0 Å². The van der Waals surface area contributed by atoms with Gasteiger partial charge in [0, 0.05) is 23.0 Å². The van der Waals surface area contributed by atoms with Crippen molar-refractivity contribution in [2.24, 2.45) is 5.92 Å². The normalized spacial score (nSPS) is 14.5. The quantitative estimate of drug-likeness (QED) is 0.334. The number of nitrogens with one attached hydrogen (secondary N) is 2. The van der Waals surface area contributed by atoms with Gasteiger partial charge < -0.3 is 15.4 Å². The molecule has 4 heterocycles. The third-order valence-electron chi connectivity index (χ3n) is 5.40. The molecule has 4 aromatic rings. The van der Waals surface area contributed by atoms with E-state index in [9.17, 15) is 0 Å². The Kier molecular flexibility index (Phi) is 6.81. The van der Waals surface area contributed by atoms with Crippen LogP contribution in [0.3, 0.4) is 0 Å². The first-order valence-electron chi connectivity index (χ1n) is 10.8. The van der Waals surface area contributed by atoms with Gasteiger partial charge in [0.25, 0.3) is 0 Å². The van der Waals surface area contributed by atoms with Gasteiger partial charge in [0.2, 0.25) is 0 Å². The lowest BCUT2D eigenvalue weighted by atomic mass is 10.0. The Morgan fingerprint density at radius 3 is 2.81 bits per heavy atom. The zero-order valence-electron chi connectivity index (χ0n) is 17.7. The Balaban J connectivity index is 1.34. The molecule has 2 N–H and O–H groups in total. The van der Waals surface area contributed by atoms with Crippen molar-refractivity contribution in [1.82, 2.24) is 20.3 Å². The number of rotatable bonds is 8. The highest BCUT2D eigenvalue weighted by Crippen LogP contribution is 2.34. The molecule has 0 saturated carbocycles. The van der Waals surface area contributed by atoms with Gasteiger partial charge in [-0.05, 0) is 55.6 Å². The molecular formula is C24H25N5OS2. The lowest BCUT2D eigenvalue weighted by Crippen LogP contribution is -2.28. The van der Waals surface area contributed by atoms with Crippen molar-refractivity contribution in [3.05, 3.63) is 66.5 Å². The molecule has 3 aromatic heterocycles. The number of benzene rings is 1. The van der Waals surface area contributed by atoms with Crippen molar-refractivity contribution in [2.45, 2.75) is 24.3 Å². The van der Waals surface area contributed by atoms with Crippen molar-refractivity contribution < 1.29 is 4.74 Å². The number of hydrogen-bond donors (Lipinski definition) is 2. The fourth-order valence-electron chi connectivity index (χ4n) is 3.63. The Morgan fingerprint density at radius 1 is 1.09 bits per heavy atom. The molecule has 0 amide bonds. The number of nitrogens with zero attached hydrogens (tertiary/aromatic N) is 3. The summed E-state index contributed by atoms with van der Waals surface area (Å²) < 4.78 is 6.21. The number of anilines is 2. The second-order valence-corrected chi connectivity index (χ2v) is 9.84. The van der Waals surface area contributed by atoms with Crippen molar-refractivity contribution in [2.75, 3.05) is 24.2 Å². The van der Waals surface area contributed by atoms with Crippen LogP contribution in [0.15, 0.2) is 65.8 Å². The van der Waals surface area contributed by atoms with E-state index in [1.54, 1.807) is 6.20 Å². The summed E-state index contributed by atoms with van der Waals surface area (Å²) in [7, 11) is 0. The second-order valence-electron chi connectivity index (χ2n) is 7.77. The third-order valence-corrected chi connectivity index (χ3v) is 7.49. The van der Waals surface area contributed by atoms with Crippen LogP contribution in [0.2, 0.25) is 0 Å². The number of ether oxygens (including phenoxy) is 1. The summed E-state index contributed by atoms with van der Waals surface area (Å²) in [5, 5.41) is 7.54. The Labute approximate surface area is 195 Å². The molecule has 0 aliphatic carbocycles. The van der Waals surface area contributed by atoms with E-state index in [2.05, 4.69) is 38.8 Å². The van der Waals surface area contributed by atoms with Gasteiger partial charge >= 0.3 is 0 Å². The molecule has 1 aromatic carbocycles. The molecule has 164 valence electrons. The number of fused-ring (bicyclic) bond motifs is 1. The summed E-state index contributed by atoms with van der Waals surface area (Å²) >= 11 is 3.37. The second kappa shape index (κ2) is 10.3. The standard InChI is InChI=1S/C24H25N5OS2/c1-2-5-17(6-3-1)15-30-21-13-19(31-16-18-8-11-25-12-9-18)14-27-22(21)29-24-28-20-7-4-10-26-23(20)32-24/h1-7,10,13-14,18,25H,8-9,11-12,15-16H2,(H,27,28,29). The smallest absolute Gasteiger partial charge is 0.191 e.